The van der Waals surface area contributed by atoms with Gasteiger partial charge in [0, 0.05) is 10.6 Å². The Labute approximate surface area is 127 Å². The first-order chi connectivity index (χ1) is 9.29. The lowest BCUT2D eigenvalue weighted by molar-refractivity contribution is 0.568. The molecule has 1 atom stereocenters. The molecular formula is C13H15ClN2O2S2. The van der Waals surface area contributed by atoms with Crippen molar-refractivity contribution in [3.8, 4) is 0 Å². The van der Waals surface area contributed by atoms with Gasteiger partial charge in [0.25, 0.3) is 0 Å². The predicted molar refractivity (Wildman–Crippen MR) is 83.7 cm³/mol. The lowest BCUT2D eigenvalue weighted by atomic mass is 10.2. The van der Waals surface area contributed by atoms with Gasteiger partial charge in [0.15, 0.2) is 0 Å². The maximum atomic E-state index is 12.3. The van der Waals surface area contributed by atoms with Crippen molar-refractivity contribution in [2.45, 2.75) is 24.8 Å². The van der Waals surface area contributed by atoms with E-state index in [1.165, 1.54) is 17.4 Å². The Morgan fingerprint density at radius 2 is 2.00 bits per heavy atom. The highest BCUT2D eigenvalue weighted by molar-refractivity contribution is 7.89. The average molecular weight is 331 g/mol. The summed E-state index contributed by atoms with van der Waals surface area (Å²) in [5, 5.41) is 0. The van der Waals surface area contributed by atoms with E-state index >= 15 is 0 Å². The molecule has 1 heterocycles. The summed E-state index contributed by atoms with van der Waals surface area (Å²) in [6.07, 6.45) is 0. The molecule has 108 valence electrons. The average Bonchev–Trinajstić information content (AvgIpc) is 2.79. The Kier molecular flexibility index (Phi) is 4.39. The molecule has 3 N–H and O–H groups in total. The molecule has 0 aliphatic carbocycles. The number of nitrogens with one attached hydrogen (secondary N) is 1. The van der Waals surface area contributed by atoms with Crippen LogP contribution in [0, 0.1) is 6.92 Å². The van der Waals surface area contributed by atoms with Crippen molar-refractivity contribution in [1.29, 1.82) is 0 Å². The van der Waals surface area contributed by atoms with Crippen LogP contribution < -0.4 is 10.5 Å². The summed E-state index contributed by atoms with van der Waals surface area (Å²) >= 11 is 7.21. The molecule has 0 saturated heterocycles. The first-order valence-electron chi connectivity index (χ1n) is 5.93. The van der Waals surface area contributed by atoms with Crippen molar-refractivity contribution < 1.29 is 8.42 Å². The highest BCUT2D eigenvalue weighted by atomic mass is 35.5. The second-order valence-corrected chi connectivity index (χ2v) is 7.96. The molecule has 0 radical (unpaired) electrons. The van der Waals surface area contributed by atoms with Gasteiger partial charge in [0.1, 0.15) is 0 Å². The Bertz CT molecular complexity index is 726. The molecule has 0 amide bonds. The number of halogens is 1. The maximum absolute atomic E-state index is 12.3. The Morgan fingerprint density at radius 3 is 2.55 bits per heavy atom. The fraction of sp³-hybridized carbons (Fsp3) is 0.231. The van der Waals surface area contributed by atoms with Gasteiger partial charge in [-0.25, -0.2) is 13.1 Å². The molecule has 1 aromatic heterocycles. The quantitative estimate of drug-likeness (QED) is 0.844. The van der Waals surface area contributed by atoms with Gasteiger partial charge in [-0.2, -0.15) is 0 Å². The number of sulfonamides is 1. The Morgan fingerprint density at radius 1 is 1.30 bits per heavy atom. The number of nitrogens with two attached hydrogens (primary N) is 1. The molecule has 2 rings (SSSR count). The van der Waals surface area contributed by atoms with Crippen LogP contribution in [0.3, 0.4) is 0 Å². The lowest BCUT2D eigenvalue weighted by Gasteiger charge is -2.13. The van der Waals surface area contributed by atoms with Gasteiger partial charge in [0.05, 0.1) is 15.3 Å². The van der Waals surface area contributed by atoms with E-state index in [0.717, 1.165) is 10.4 Å². The minimum Gasteiger partial charge on any atom is -0.399 e. The van der Waals surface area contributed by atoms with Crippen molar-refractivity contribution in [3.05, 3.63) is 45.1 Å². The van der Waals surface area contributed by atoms with Crippen LogP contribution in [0.25, 0.3) is 0 Å². The van der Waals surface area contributed by atoms with Crippen LogP contribution >= 0.6 is 22.9 Å². The summed E-state index contributed by atoms with van der Waals surface area (Å²) < 4.78 is 27.9. The zero-order chi connectivity index (χ0) is 14.9. The summed E-state index contributed by atoms with van der Waals surface area (Å²) in [6.45, 7) is 3.56. The van der Waals surface area contributed by atoms with Crippen LogP contribution in [0.5, 0.6) is 0 Å². The van der Waals surface area contributed by atoms with Crippen molar-refractivity contribution in [2.24, 2.45) is 0 Å². The van der Waals surface area contributed by atoms with E-state index in [2.05, 4.69) is 4.72 Å². The molecule has 0 bridgehead atoms. The lowest BCUT2D eigenvalue weighted by Crippen LogP contribution is -2.26. The topological polar surface area (TPSA) is 72.2 Å². The van der Waals surface area contributed by atoms with Crippen LogP contribution in [0.4, 0.5) is 5.69 Å². The second kappa shape index (κ2) is 5.73. The minimum absolute atomic E-state index is 0.207. The van der Waals surface area contributed by atoms with Gasteiger partial charge < -0.3 is 5.73 Å². The van der Waals surface area contributed by atoms with E-state index in [0.29, 0.717) is 10.0 Å². The fourth-order valence-electron chi connectivity index (χ4n) is 1.74. The number of anilines is 1. The molecule has 0 aliphatic rings. The molecule has 0 spiro atoms. The van der Waals surface area contributed by atoms with E-state index in [9.17, 15) is 8.42 Å². The van der Waals surface area contributed by atoms with Crippen LogP contribution in [0.2, 0.25) is 4.34 Å². The first kappa shape index (κ1) is 15.3. The maximum Gasteiger partial charge on any atom is 0.241 e. The van der Waals surface area contributed by atoms with Crippen LogP contribution in [0.15, 0.2) is 35.2 Å². The second-order valence-electron chi connectivity index (χ2n) is 4.50. The highest BCUT2D eigenvalue weighted by Crippen LogP contribution is 2.28. The number of hydrogen-bond donors (Lipinski definition) is 2. The molecule has 20 heavy (non-hydrogen) atoms. The normalized spacial score (nSPS) is 13.3. The third kappa shape index (κ3) is 3.32. The van der Waals surface area contributed by atoms with Crippen LogP contribution in [0.1, 0.15) is 23.4 Å². The van der Waals surface area contributed by atoms with Gasteiger partial charge in [-0.05, 0) is 49.7 Å². The molecule has 4 nitrogen and oxygen atoms in total. The Balaban J connectivity index is 2.24. The zero-order valence-electron chi connectivity index (χ0n) is 11.1. The number of hydrogen-bond acceptors (Lipinski definition) is 4. The third-order valence-corrected chi connectivity index (χ3v) is 5.86. The van der Waals surface area contributed by atoms with E-state index in [1.807, 2.05) is 6.07 Å². The number of thiophene rings is 1. The van der Waals surface area contributed by atoms with E-state index in [1.54, 1.807) is 32.0 Å². The van der Waals surface area contributed by atoms with Crippen molar-refractivity contribution in [2.75, 3.05) is 5.73 Å². The van der Waals surface area contributed by atoms with Gasteiger partial charge in [-0.3, -0.25) is 0 Å². The van der Waals surface area contributed by atoms with Gasteiger partial charge in [-0.1, -0.05) is 11.6 Å². The van der Waals surface area contributed by atoms with E-state index < -0.39 is 10.0 Å². The van der Waals surface area contributed by atoms with Crippen molar-refractivity contribution >= 4 is 38.6 Å². The van der Waals surface area contributed by atoms with Gasteiger partial charge in [-0.15, -0.1) is 11.3 Å². The predicted octanol–water partition coefficient (Wildman–Crippen LogP) is 3.33. The molecular weight excluding hydrogens is 316 g/mol. The molecule has 7 heteroatoms. The van der Waals surface area contributed by atoms with E-state index in [-0.39, 0.29) is 10.9 Å². The zero-order valence-corrected chi connectivity index (χ0v) is 13.4. The summed E-state index contributed by atoms with van der Waals surface area (Å²) in [4.78, 5) is 1.07. The smallest absolute Gasteiger partial charge is 0.241 e. The number of benzene rings is 1. The van der Waals surface area contributed by atoms with Gasteiger partial charge in [0.2, 0.25) is 10.0 Å². The Hall–Kier alpha value is -1.08. The van der Waals surface area contributed by atoms with Crippen molar-refractivity contribution in [3.63, 3.8) is 0 Å². The standard InChI is InChI=1S/C13H15ClN2O2S2/c1-8-7-10(3-4-11(8)15)20(17,18)16-9(2)12-5-6-13(14)19-12/h3-7,9,16H,15H2,1-2H3. The highest BCUT2D eigenvalue weighted by Gasteiger charge is 2.19. The molecule has 0 aliphatic heterocycles. The summed E-state index contributed by atoms with van der Waals surface area (Å²) in [5.41, 5.74) is 7.01. The molecule has 1 unspecified atom stereocenters. The molecule has 2 aromatic rings. The number of aryl methyl sites for hydroxylation is 1. The minimum atomic E-state index is -3.58. The van der Waals surface area contributed by atoms with Crippen LogP contribution in [-0.4, -0.2) is 8.42 Å². The molecule has 0 fully saturated rings. The van der Waals surface area contributed by atoms with Gasteiger partial charge >= 0.3 is 0 Å². The summed E-state index contributed by atoms with van der Waals surface area (Å²) in [6, 6.07) is 7.88. The fourth-order valence-corrected chi connectivity index (χ4v) is 4.18. The summed E-state index contributed by atoms with van der Waals surface area (Å²) in [5.74, 6) is 0. The van der Waals surface area contributed by atoms with Crippen LogP contribution in [-0.2, 0) is 10.0 Å². The number of nitrogen functional groups attached to an aromatic ring is 1. The molecule has 1 aromatic carbocycles. The first-order valence-corrected chi connectivity index (χ1v) is 8.61. The van der Waals surface area contributed by atoms with Crippen molar-refractivity contribution in [1.82, 2.24) is 4.72 Å². The summed E-state index contributed by atoms with van der Waals surface area (Å²) in [7, 11) is -3.58. The third-order valence-electron chi connectivity index (χ3n) is 2.90. The van der Waals surface area contributed by atoms with E-state index in [4.69, 9.17) is 17.3 Å². The SMILES string of the molecule is Cc1cc(S(=O)(=O)NC(C)c2ccc(Cl)s2)ccc1N. The molecule has 0 saturated carbocycles. The largest absolute Gasteiger partial charge is 0.399 e. The monoisotopic (exact) mass is 330 g/mol. The number of rotatable bonds is 4.